The zero-order valence-corrected chi connectivity index (χ0v) is 10.9. The van der Waals surface area contributed by atoms with E-state index in [2.05, 4.69) is 0 Å². The van der Waals surface area contributed by atoms with Gasteiger partial charge in [-0.1, -0.05) is 18.5 Å². The van der Waals surface area contributed by atoms with E-state index in [9.17, 15) is 9.50 Å². The lowest BCUT2D eigenvalue weighted by Crippen LogP contribution is -2.17. The maximum absolute atomic E-state index is 13.0. The number of aliphatic hydroxyl groups excluding tert-OH is 1. The van der Waals surface area contributed by atoms with E-state index in [-0.39, 0.29) is 11.7 Å². The number of aliphatic hydroxyl groups is 1. The predicted molar refractivity (Wildman–Crippen MR) is 66.8 cm³/mol. The molecule has 2 nitrogen and oxygen atoms in total. The summed E-state index contributed by atoms with van der Waals surface area (Å²) in [4.78, 5) is 0. The minimum Gasteiger partial charge on any atom is -0.393 e. The third-order valence-corrected chi connectivity index (χ3v) is 2.96. The average Bonchev–Trinajstić information content (AvgIpc) is 2.23. The van der Waals surface area contributed by atoms with Gasteiger partial charge >= 0.3 is 0 Å². The monoisotopic (exact) mass is 260 g/mol. The fraction of sp³-hybridized carbons (Fsp3) is 0.538. The highest BCUT2D eigenvalue weighted by Gasteiger charge is 2.13. The largest absolute Gasteiger partial charge is 0.393 e. The maximum Gasteiger partial charge on any atom is 0.123 e. The smallest absolute Gasteiger partial charge is 0.123 e. The topological polar surface area (TPSA) is 29.5 Å². The second kappa shape index (κ2) is 6.94. The summed E-state index contributed by atoms with van der Waals surface area (Å²) in [5.74, 6) is -0.0659. The molecule has 96 valence electrons. The Hall–Kier alpha value is -0.640. The molecule has 0 saturated heterocycles. The Kier molecular flexibility index (Phi) is 5.89. The molecule has 0 fully saturated rings. The van der Waals surface area contributed by atoms with Gasteiger partial charge in [-0.25, -0.2) is 4.39 Å². The van der Waals surface area contributed by atoms with Gasteiger partial charge in [0, 0.05) is 18.7 Å². The van der Waals surface area contributed by atoms with E-state index in [0.29, 0.717) is 30.0 Å². The van der Waals surface area contributed by atoms with Crippen LogP contribution in [0.1, 0.15) is 18.9 Å². The van der Waals surface area contributed by atoms with E-state index in [1.165, 1.54) is 18.2 Å². The van der Waals surface area contributed by atoms with Crippen molar-refractivity contribution in [3.05, 3.63) is 34.6 Å². The van der Waals surface area contributed by atoms with Crippen LogP contribution in [0.3, 0.4) is 0 Å². The van der Waals surface area contributed by atoms with Crippen LogP contribution in [0.25, 0.3) is 0 Å². The Morgan fingerprint density at radius 1 is 1.47 bits per heavy atom. The maximum atomic E-state index is 13.0. The van der Waals surface area contributed by atoms with Crippen molar-refractivity contribution >= 4 is 11.6 Å². The normalized spacial score (nSPS) is 14.6. The zero-order chi connectivity index (χ0) is 12.8. The Morgan fingerprint density at radius 2 is 2.18 bits per heavy atom. The first-order valence-corrected chi connectivity index (χ1v) is 6.01. The Balaban J connectivity index is 2.55. The second-order valence-electron chi connectivity index (χ2n) is 4.39. The van der Waals surface area contributed by atoms with Crippen molar-refractivity contribution in [2.45, 2.75) is 25.9 Å². The van der Waals surface area contributed by atoms with Crippen LogP contribution >= 0.6 is 11.6 Å². The van der Waals surface area contributed by atoms with Crippen molar-refractivity contribution in [2.75, 3.05) is 13.7 Å². The van der Waals surface area contributed by atoms with Gasteiger partial charge in [0.1, 0.15) is 5.82 Å². The average molecular weight is 261 g/mol. The van der Waals surface area contributed by atoms with Crippen LogP contribution < -0.4 is 0 Å². The molecule has 0 amide bonds. The minimum atomic E-state index is -0.528. The minimum absolute atomic E-state index is 0.266. The van der Waals surface area contributed by atoms with Crippen molar-refractivity contribution in [3.8, 4) is 0 Å². The lowest BCUT2D eigenvalue weighted by atomic mass is 9.99. The molecule has 1 aromatic carbocycles. The highest BCUT2D eigenvalue weighted by molar-refractivity contribution is 6.31. The number of halogens is 2. The molecule has 0 aliphatic rings. The van der Waals surface area contributed by atoms with E-state index in [0.717, 1.165) is 0 Å². The fourth-order valence-electron chi connectivity index (χ4n) is 1.85. The van der Waals surface area contributed by atoms with Gasteiger partial charge in [-0.15, -0.1) is 0 Å². The van der Waals surface area contributed by atoms with Crippen molar-refractivity contribution < 1.29 is 14.2 Å². The molecule has 0 saturated carbocycles. The van der Waals surface area contributed by atoms with Crippen molar-refractivity contribution in [1.82, 2.24) is 0 Å². The fourth-order valence-corrected chi connectivity index (χ4v) is 2.05. The summed E-state index contributed by atoms with van der Waals surface area (Å²) >= 11 is 5.94. The molecule has 0 aliphatic heterocycles. The first-order valence-electron chi connectivity index (χ1n) is 5.64. The molecular formula is C13H18ClFO2. The molecule has 0 bridgehead atoms. The van der Waals surface area contributed by atoms with Crippen LogP contribution in [0.15, 0.2) is 18.2 Å². The Morgan fingerprint density at radius 3 is 2.82 bits per heavy atom. The molecule has 17 heavy (non-hydrogen) atoms. The van der Waals surface area contributed by atoms with Crippen LogP contribution in [0, 0.1) is 11.7 Å². The molecule has 0 radical (unpaired) electrons. The standard InChI is InChI=1S/C13H18ClFO2/c1-9(8-17-2)5-12(16)7-10-6-11(15)3-4-13(10)14/h3-4,6,9,12,16H,5,7-8H2,1-2H3. The third kappa shape index (κ3) is 5.02. The summed E-state index contributed by atoms with van der Waals surface area (Å²) in [5, 5.41) is 10.4. The van der Waals surface area contributed by atoms with Crippen LogP contribution in [-0.2, 0) is 11.2 Å². The summed E-state index contributed by atoms with van der Waals surface area (Å²) in [6.45, 7) is 2.61. The van der Waals surface area contributed by atoms with E-state index in [4.69, 9.17) is 16.3 Å². The molecule has 4 heteroatoms. The second-order valence-corrected chi connectivity index (χ2v) is 4.80. The lowest BCUT2D eigenvalue weighted by molar-refractivity contribution is 0.102. The van der Waals surface area contributed by atoms with Crippen LogP contribution in [-0.4, -0.2) is 24.9 Å². The highest BCUT2D eigenvalue weighted by Crippen LogP contribution is 2.20. The number of methoxy groups -OCH3 is 1. The summed E-state index contributed by atoms with van der Waals surface area (Å²) < 4.78 is 18.0. The van der Waals surface area contributed by atoms with Crippen molar-refractivity contribution in [2.24, 2.45) is 5.92 Å². The Bertz CT molecular complexity index is 357. The summed E-state index contributed by atoms with van der Waals surface area (Å²) in [6, 6.07) is 4.19. The summed E-state index contributed by atoms with van der Waals surface area (Å²) in [7, 11) is 1.63. The third-order valence-electron chi connectivity index (χ3n) is 2.59. The Labute approximate surface area is 106 Å². The number of ether oxygens (including phenoxy) is 1. The molecule has 0 aliphatic carbocycles. The molecule has 0 aromatic heterocycles. The number of hydrogen-bond donors (Lipinski definition) is 1. The quantitative estimate of drug-likeness (QED) is 0.852. The predicted octanol–water partition coefficient (Wildman–Crippen LogP) is 3.06. The van der Waals surface area contributed by atoms with Gasteiger partial charge in [-0.2, -0.15) is 0 Å². The SMILES string of the molecule is COCC(C)CC(O)Cc1cc(F)ccc1Cl. The van der Waals surface area contributed by atoms with Crippen LogP contribution in [0.4, 0.5) is 4.39 Å². The summed E-state index contributed by atoms with van der Waals surface area (Å²) in [5.41, 5.74) is 0.642. The molecule has 1 aromatic rings. The molecule has 2 atom stereocenters. The van der Waals surface area contributed by atoms with Crippen molar-refractivity contribution in [1.29, 1.82) is 0 Å². The van der Waals surface area contributed by atoms with E-state index >= 15 is 0 Å². The van der Waals surface area contributed by atoms with E-state index in [1.54, 1.807) is 7.11 Å². The van der Waals surface area contributed by atoms with Crippen LogP contribution in [0.5, 0.6) is 0 Å². The van der Waals surface area contributed by atoms with Crippen molar-refractivity contribution in [3.63, 3.8) is 0 Å². The van der Waals surface area contributed by atoms with E-state index < -0.39 is 6.10 Å². The van der Waals surface area contributed by atoms with Gasteiger partial charge < -0.3 is 9.84 Å². The van der Waals surface area contributed by atoms with Gasteiger partial charge in [0.15, 0.2) is 0 Å². The first-order chi connectivity index (χ1) is 8.02. The van der Waals surface area contributed by atoms with Gasteiger partial charge in [-0.3, -0.25) is 0 Å². The number of rotatable bonds is 6. The molecular weight excluding hydrogens is 243 g/mol. The lowest BCUT2D eigenvalue weighted by Gasteiger charge is -2.16. The molecule has 0 spiro atoms. The highest BCUT2D eigenvalue weighted by atomic mass is 35.5. The first kappa shape index (κ1) is 14.4. The molecule has 0 heterocycles. The molecule has 1 rings (SSSR count). The zero-order valence-electron chi connectivity index (χ0n) is 10.1. The van der Waals surface area contributed by atoms with Gasteiger partial charge in [-0.05, 0) is 42.5 Å². The molecule has 2 unspecified atom stereocenters. The van der Waals surface area contributed by atoms with E-state index in [1.807, 2.05) is 6.92 Å². The van der Waals surface area contributed by atoms with Gasteiger partial charge in [0.25, 0.3) is 0 Å². The number of benzene rings is 1. The molecule has 1 N–H and O–H groups in total. The van der Waals surface area contributed by atoms with Gasteiger partial charge in [0.05, 0.1) is 6.10 Å². The van der Waals surface area contributed by atoms with Crippen LogP contribution in [0.2, 0.25) is 5.02 Å². The summed E-state index contributed by atoms with van der Waals surface area (Å²) in [6.07, 6.45) is 0.449. The van der Waals surface area contributed by atoms with Gasteiger partial charge in [0.2, 0.25) is 0 Å². The number of hydrogen-bond acceptors (Lipinski definition) is 2.